The van der Waals surface area contributed by atoms with E-state index in [4.69, 9.17) is 0 Å². The fraction of sp³-hybridized carbons (Fsp3) is 0.444. The van der Waals surface area contributed by atoms with E-state index in [1.165, 1.54) is 24.9 Å². The Hall–Kier alpha value is -1.94. The first kappa shape index (κ1) is 15.0. The zero-order valence-corrected chi connectivity index (χ0v) is 13.4. The van der Waals surface area contributed by atoms with Crippen LogP contribution < -0.4 is 4.90 Å². The van der Waals surface area contributed by atoms with Crippen LogP contribution in [0.1, 0.15) is 24.0 Å². The molecule has 1 aromatic carbocycles. The van der Waals surface area contributed by atoms with Gasteiger partial charge in [0.05, 0.1) is 0 Å². The average Bonchev–Trinajstić information content (AvgIpc) is 2.56. The van der Waals surface area contributed by atoms with Gasteiger partial charge in [0.15, 0.2) is 0 Å². The van der Waals surface area contributed by atoms with Crippen molar-refractivity contribution in [2.45, 2.75) is 32.4 Å². The first-order chi connectivity index (χ1) is 10.7. The maximum atomic E-state index is 4.46. The molecule has 0 spiro atoms. The summed E-state index contributed by atoms with van der Waals surface area (Å²) in [5.74, 6) is 0.831. The highest BCUT2D eigenvalue weighted by molar-refractivity contribution is 5.30. The number of hydrogen-bond acceptors (Lipinski definition) is 4. The second-order valence-electron chi connectivity index (χ2n) is 6.19. The molecular weight excluding hydrogens is 272 g/mol. The number of piperidine rings is 1. The number of aromatic nitrogens is 2. The molecule has 2 heterocycles. The van der Waals surface area contributed by atoms with E-state index in [1.807, 2.05) is 19.3 Å². The Balaban J connectivity index is 1.63. The summed E-state index contributed by atoms with van der Waals surface area (Å²) < 4.78 is 0. The molecule has 1 atom stereocenters. The van der Waals surface area contributed by atoms with Crippen molar-refractivity contribution in [1.29, 1.82) is 0 Å². The van der Waals surface area contributed by atoms with Gasteiger partial charge in [0.25, 0.3) is 0 Å². The minimum atomic E-state index is 0.486. The van der Waals surface area contributed by atoms with Crippen molar-refractivity contribution >= 4 is 5.95 Å². The molecule has 2 aromatic rings. The molecule has 0 aliphatic carbocycles. The van der Waals surface area contributed by atoms with Gasteiger partial charge >= 0.3 is 0 Å². The van der Waals surface area contributed by atoms with Gasteiger partial charge in [-0.2, -0.15) is 0 Å². The molecule has 1 fully saturated rings. The third-order valence-corrected chi connectivity index (χ3v) is 4.36. The van der Waals surface area contributed by atoms with Crippen molar-refractivity contribution in [3.63, 3.8) is 0 Å². The van der Waals surface area contributed by atoms with Crippen LogP contribution in [0.5, 0.6) is 0 Å². The Morgan fingerprint density at radius 2 is 1.91 bits per heavy atom. The monoisotopic (exact) mass is 296 g/mol. The van der Waals surface area contributed by atoms with Crippen LogP contribution in [0.15, 0.2) is 42.7 Å². The highest BCUT2D eigenvalue weighted by Gasteiger charge is 2.24. The highest BCUT2D eigenvalue weighted by atomic mass is 15.3. The van der Waals surface area contributed by atoms with Crippen molar-refractivity contribution in [2.24, 2.45) is 0 Å². The summed E-state index contributed by atoms with van der Waals surface area (Å²) in [6, 6.07) is 11.2. The van der Waals surface area contributed by atoms with E-state index in [2.05, 4.69) is 57.1 Å². The van der Waals surface area contributed by atoms with Crippen LogP contribution in [0.2, 0.25) is 0 Å². The van der Waals surface area contributed by atoms with Crippen LogP contribution in [-0.4, -0.2) is 41.0 Å². The van der Waals surface area contributed by atoms with E-state index >= 15 is 0 Å². The third kappa shape index (κ3) is 3.63. The normalized spacial score (nSPS) is 19.1. The van der Waals surface area contributed by atoms with Crippen LogP contribution in [0.3, 0.4) is 0 Å². The van der Waals surface area contributed by atoms with Crippen molar-refractivity contribution in [3.05, 3.63) is 53.9 Å². The zero-order chi connectivity index (χ0) is 15.4. The van der Waals surface area contributed by atoms with E-state index in [-0.39, 0.29) is 0 Å². The summed E-state index contributed by atoms with van der Waals surface area (Å²) in [7, 11) is 2.11. The Morgan fingerprint density at radius 3 is 2.64 bits per heavy atom. The first-order valence-corrected chi connectivity index (χ1v) is 8.00. The van der Waals surface area contributed by atoms with Crippen molar-refractivity contribution in [3.8, 4) is 0 Å². The largest absolute Gasteiger partial charge is 0.340 e. The SMILES string of the molecule is Cc1cnc(N(C)C2CCCN(Cc3ccccc3)C2)nc1. The smallest absolute Gasteiger partial charge is 0.225 e. The van der Waals surface area contributed by atoms with Gasteiger partial charge in [0.1, 0.15) is 0 Å². The quantitative estimate of drug-likeness (QED) is 0.868. The molecule has 116 valence electrons. The lowest BCUT2D eigenvalue weighted by Crippen LogP contribution is -2.46. The van der Waals surface area contributed by atoms with Gasteiger partial charge in [0, 0.05) is 38.6 Å². The number of hydrogen-bond donors (Lipinski definition) is 0. The molecule has 3 rings (SSSR count). The number of rotatable bonds is 4. The van der Waals surface area contributed by atoms with Crippen LogP contribution in [0, 0.1) is 6.92 Å². The molecule has 22 heavy (non-hydrogen) atoms. The fourth-order valence-corrected chi connectivity index (χ4v) is 3.06. The molecule has 0 amide bonds. The molecule has 0 radical (unpaired) electrons. The summed E-state index contributed by atoms with van der Waals surface area (Å²) in [5, 5.41) is 0. The second-order valence-corrected chi connectivity index (χ2v) is 6.19. The molecular formula is C18H24N4. The molecule has 1 aromatic heterocycles. The summed E-state index contributed by atoms with van der Waals surface area (Å²) in [4.78, 5) is 13.7. The molecule has 1 aliphatic rings. The lowest BCUT2D eigenvalue weighted by atomic mass is 10.0. The summed E-state index contributed by atoms with van der Waals surface area (Å²) in [6.45, 7) is 5.29. The molecule has 1 saturated heterocycles. The number of nitrogens with zero attached hydrogens (tertiary/aromatic N) is 4. The van der Waals surface area contributed by atoms with Gasteiger partial charge in [-0.25, -0.2) is 9.97 Å². The number of benzene rings is 1. The first-order valence-electron chi connectivity index (χ1n) is 8.00. The van der Waals surface area contributed by atoms with E-state index in [9.17, 15) is 0 Å². The summed E-state index contributed by atoms with van der Waals surface area (Å²) in [5.41, 5.74) is 2.49. The van der Waals surface area contributed by atoms with Gasteiger partial charge in [0.2, 0.25) is 5.95 Å². The number of likely N-dealkylation sites (N-methyl/N-ethyl adjacent to an activating group) is 1. The third-order valence-electron chi connectivity index (χ3n) is 4.36. The van der Waals surface area contributed by atoms with Crippen LogP contribution >= 0.6 is 0 Å². The van der Waals surface area contributed by atoms with E-state index in [0.29, 0.717) is 6.04 Å². The minimum absolute atomic E-state index is 0.486. The molecule has 1 unspecified atom stereocenters. The fourth-order valence-electron chi connectivity index (χ4n) is 3.06. The Kier molecular flexibility index (Phi) is 4.68. The Labute approximate surface area is 132 Å². The lowest BCUT2D eigenvalue weighted by molar-refractivity contribution is 0.198. The molecule has 0 saturated carbocycles. The predicted molar refractivity (Wildman–Crippen MR) is 89.9 cm³/mol. The van der Waals surface area contributed by atoms with Crippen molar-refractivity contribution in [1.82, 2.24) is 14.9 Å². The maximum Gasteiger partial charge on any atom is 0.225 e. The van der Waals surface area contributed by atoms with Gasteiger partial charge < -0.3 is 4.90 Å². The standard InChI is InChI=1S/C18H24N4/c1-15-11-19-18(20-12-15)21(2)17-9-6-10-22(14-17)13-16-7-4-3-5-8-16/h3-5,7-8,11-12,17H,6,9-10,13-14H2,1-2H3. The molecule has 0 bridgehead atoms. The van der Waals surface area contributed by atoms with Gasteiger partial charge in [-0.3, -0.25) is 4.90 Å². The topological polar surface area (TPSA) is 32.3 Å². The molecule has 4 heteroatoms. The zero-order valence-electron chi connectivity index (χ0n) is 13.4. The van der Waals surface area contributed by atoms with Crippen LogP contribution in [-0.2, 0) is 6.54 Å². The van der Waals surface area contributed by atoms with E-state index in [1.54, 1.807) is 0 Å². The predicted octanol–water partition coefficient (Wildman–Crippen LogP) is 2.89. The molecule has 4 nitrogen and oxygen atoms in total. The lowest BCUT2D eigenvalue weighted by Gasteiger charge is -2.37. The average molecular weight is 296 g/mol. The van der Waals surface area contributed by atoms with Crippen molar-refractivity contribution < 1.29 is 0 Å². The van der Waals surface area contributed by atoms with Gasteiger partial charge in [-0.05, 0) is 37.4 Å². The maximum absolute atomic E-state index is 4.46. The van der Waals surface area contributed by atoms with Crippen molar-refractivity contribution in [2.75, 3.05) is 25.0 Å². The number of likely N-dealkylation sites (tertiary alicyclic amines) is 1. The second kappa shape index (κ2) is 6.88. The van der Waals surface area contributed by atoms with E-state index in [0.717, 1.165) is 24.6 Å². The number of anilines is 1. The molecule has 0 N–H and O–H groups in total. The molecule has 1 aliphatic heterocycles. The highest BCUT2D eigenvalue weighted by Crippen LogP contribution is 2.20. The summed E-state index contributed by atoms with van der Waals surface area (Å²) in [6.07, 6.45) is 6.22. The van der Waals surface area contributed by atoms with E-state index < -0.39 is 0 Å². The Bertz CT molecular complexity index is 582. The Morgan fingerprint density at radius 1 is 1.18 bits per heavy atom. The van der Waals surface area contributed by atoms with Gasteiger partial charge in [-0.15, -0.1) is 0 Å². The van der Waals surface area contributed by atoms with Gasteiger partial charge in [-0.1, -0.05) is 30.3 Å². The number of aryl methyl sites for hydroxylation is 1. The minimum Gasteiger partial charge on any atom is -0.340 e. The summed E-state index contributed by atoms with van der Waals surface area (Å²) >= 11 is 0. The van der Waals surface area contributed by atoms with Crippen LogP contribution in [0.25, 0.3) is 0 Å². The van der Waals surface area contributed by atoms with Crippen LogP contribution in [0.4, 0.5) is 5.95 Å².